The van der Waals surface area contributed by atoms with E-state index in [1.54, 1.807) is 12.1 Å². The van der Waals surface area contributed by atoms with Crippen LogP contribution in [-0.4, -0.2) is 23.0 Å². The Hall–Kier alpha value is -1.88. The molecule has 1 rings (SSSR count). The fourth-order valence-corrected chi connectivity index (χ4v) is 1.15. The van der Waals surface area contributed by atoms with Gasteiger partial charge in [-0.1, -0.05) is 6.07 Å². The Morgan fingerprint density at radius 3 is 2.44 bits per heavy atom. The van der Waals surface area contributed by atoms with Crippen LogP contribution in [0.5, 0.6) is 0 Å². The Bertz CT molecular complexity index is 429. The van der Waals surface area contributed by atoms with E-state index in [0.717, 1.165) is 11.1 Å². The van der Waals surface area contributed by atoms with Crippen molar-refractivity contribution in [1.29, 1.82) is 0 Å². The first-order valence-corrected chi connectivity index (χ1v) is 4.78. The predicted octanol–water partition coefficient (Wildman–Crippen LogP) is 0.654. The van der Waals surface area contributed by atoms with Gasteiger partial charge in [-0.3, -0.25) is 4.79 Å². The highest BCUT2D eigenvalue weighted by molar-refractivity contribution is 6.07. The number of carboxylic acids is 1. The smallest absolute Gasteiger partial charge is 0.330 e. The Morgan fingerprint density at radius 1 is 1.31 bits per heavy atom. The number of hydrogen-bond acceptors (Lipinski definition) is 3. The van der Waals surface area contributed by atoms with E-state index >= 15 is 0 Å². The summed E-state index contributed by atoms with van der Waals surface area (Å²) in [6.07, 6.45) is 0. The van der Waals surface area contributed by atoms with Gasteiger partial charge in [0.25, 0.3) is 5.91 Å². The van der Waals surface area contributed by atoms with E-state index in [9.17, 15) is 9.59 Å². The van der Waals surface area contributed by atoms with Crippen LogP contribution in [0.3, 0.4) is 0 Å². The van der Waals surface area contributed by atoms with Crippen molar-refractivity contribution < 1.29 is 14.7 Å². The SMILES string of the molecule is Cc1ccc(NC(=O)C(N)C(=O)O)cc1C. The van der Waals surface area contributed by atoms with Gasteiger partial charge < -0.3 is 16.2 Å². The van der Waals surface area contributed by atoms with Gasteiger partial charge in [0, 0.05) is 5.69 Å². The quantitative estimate of drug-likeness (QED) is 0.655. The molecular formula is C11H14N2O3. The summed E-state index contributed by atoms with van der Waals surface area (Å²) in [5.74, 6) is -2.07. The number of carbonyl (C=O) groups excluding carboxylic acids is 1. The molecule has 0 saturated carbocycles. The zero-order chi connectivity index (χ0) is 12.3. The summed E-state index contributed by atoms with van der Waals surface area (Å²) < 4.78 is 0. The van der Waals surface area contributed by atoms with Gasteiger partial charge >= 0.3 is 5.97 Å². The maximum absolute atomic E-state index is 11.3. The second-order valence-electron chi connectivity index (χ2n) is 3.60. The molecule has 4 N–H and O–H groups in total. The highest BCUT2D eigenvalue weighted by atomic mass is 16.4. The molecule has 86 valence electrons. The minimum Gasteiger partial charge on any atom is -0.480 e. The van der Waals surface area contributed by atoms with Gasteiger partial charge in [0.2, 0.25) is 0 Å². The summed E-state index contributed by atoms with van der Waals surface area (Å²) in [5.41, 5.74) is 7.82. The maximum atomic E-state index is 11.3. The third-order valence-electron chi connectivity index (χ3n) is 2.32. The first-order chi connectivity index (χ1) is 7.41. The molecule has 0 aliphatic carbocycles. The molecule has 0 bridgehead atoms. The Morgan fingerprint density at radius 2 is 1.94 bits per heavy atom. The molecule has 0 spiro atoms. The van der Waals surface area contributed by atoms with Gasteiger partial charge in [0.15, 0.2) is 6.04 Å². The van der Waals surface area contributed by atoms with Crippen LogP contribution in [0, 0.1) is 13.8 Å². The fraction of sp³-hybridized carbons (Fsp3) is 0.273. The number of amides is 1. The average Bonchev–Trinajstić information content (AvgIpc) is 2.22. The van der Waals surface area contributed by atoms with E-state index in [0.29, 0.717) is 5.69 Å². The van der Waals surface area contributed by atoms with Crippen molar-refractivity contribution in [3.63, 3.8) is 0 Å². The van der Waals surface area contributed by atoms with Crippen LogP contribution in [0.4, 0.5) is 5.69 Å². The molecule has 5 nitrogen and oxygen atoms in total. The van der Waals surface area contributed by atoms with E-state index in [4.69, 9.17) is 10.8 Å². The molecule has 0 aliphatic heterocycles. The van der Waals surface area contributed by atoms with Crippen LogP contribution >= 0.6 is 0 Å². The zero-order valence-electron chi connectivity index (χ0n) is 9.15. The normalized spacial score (nSPS) is 11.9. The molecule has 1 amide bonds. The lowest BCUT2D eigenvalue weighted by atomic mass is 10.1. The molecule has 0 saturated heterocycles. The number of hydrogen-bond donors (Lipinski definition) is 3. The molecule has 0 radical (unpaired) electrons. The second-order valence-corrected chi connectivity index (χ2v) is 3.60. The third-order valence-corrected chi connectivity index (χ3v) is 2.32. The minimum absolute atomic E-state index is 0.546. The molecule has 0 aliphatic rings. The molecule has 1 atom stereocenters. The van der Waals surface area contributed by atoms with E-state index in [1.807, 2.05) is 19.9 Å². The van der Waals surface area contributed by atoms with Crippen molar-refractivity contribution in [1.82, 2.24) is 0 Å². The number of nitrogens with two attached hydrogens (primary N) is 1. The number of rotatable bonds is 3. The number of carboxylic acid groups (broad SMARTS) is 1. The number of anilines is 1. The van der Waals surface area contributed by atoms with Gasteiger partial charge in [-0.05, 0) is 37.1 Å². The van der Waals surface area contributed by atoms with Crippen molar-refractivity contribution >= 4 is 17.6 Å². The lowest BCUT2D eigenvalue weighted by Crippen LogP contribution is -2.42. The third kappa shape index (κ3) is 2.80. The lowest BCUT2D eigenvalue weighted by Gasteiger charge is -2.09. The molecular weight excluding hydrogens is 208 g/mol. The molecule has 0 heterocycles. The van der Waals surface area contributed by atoms with Crippen LogP contribution in [-0.2, 0) is 9.59 Å². The van der Waals surface area contributed by atoms with Crippen LogP contribution in [0.15, 0.2) is 18.2 Å². The van der Waals surface area contributed by atoms with E-state index in [2.05, 4.69) is 5.32 Å². The number of carbonyl (C=O) groups is 2. The summed E-state index contributed by atoms with van der Waals surface area (Å²) >= 11 is 0. The number of benzene rings is 1. The Kier molecular flexibility index (Phi) is 3.63. The summed E-state index contributed by atoms with van der Waals surface area (Å²) in [5, 5.41) is 11.0. The highest BCUT2D eigenvalue weighted by Gasteiger charge is 2.20. The first-order valence-electron chi connectivity index (χ1n) is 4.78. The summed E-state index contributed by atoms with van der Waals surface area (Å²) in [4.78, 5) is 21.8. The summed E-state index contributed by atoms with van der Waals surface area (Å²) in [6, 6.07) is 3.77. The van der Waals surface area contributed by atoms with Crippen molar-refractivity contribution in [2.24, 2.45) is 5.73 Å². The van der Waals surface area contributed by atoms with Crippen molar-refractivity contribution in [3.8, 4) is 0 Å². The highest BCUT2D eigenvalue weighted by Crippen LogP contribution is 2.14. The van der Waals surface area contributed by atoms with Crippen LogP contribution in [0.2, 0.25) is 0 Å². The Balaban J connectivity index is 2.77. The van der Waals surface area contributed by atoms with Gasteiger partial charge in [0.05, 0.1) is 0 Å². The van der Waals surface area contributed by atoms with Crippen LogP contribution in [0.25, 0.3) is 0 Å². The molecule has 5 heteroatoms. The molecule has 0 aromatic heterocycles. The Labute approximate surface area is 93.3 Å². The van der Waals surface area contributed by atoms with Gasteiger partial charge in [0.1, 0.15) is 0 Å². The van der Waals surface area contributed by atoms with Crippen molar-refractivity contribution in [2.75, 3.05) is 5.32 Å². The monoisotopic (exact) mass is 222 g/mol. The van der Waals surface area contributed by atoms with E-state index in [-0.39, 0.29) is 0 Å². The minimum atomic E-state index is -1.54. The topological polar surface area (TPSA) is 92.4 Å². The molecule has 16 heavy (non-hydrogen) atoms. The van der Waals surface area contributed by atoms with Crippen LogP contribution in [0.1, 0.15) is 11.1 Å². The number of aryl methyl sites for hydroxylation is 2. The largest absolute Gasteiger partial charge is 0.480 e. The summed E-state index contributed by atoms with van der Waals surface area (Å²) in [6.45, 7) is 3.85. The number of aliphatic carboxylic acids is 1. The van der Waals surface area contributed by atoms with E-state index in [1.165, 1.54) is 0 Å². The average molecular weight is 222 g/mol. The van der Waals surface area contributed by atoms with Crippen LogP contribution < -0.4 is 11.1 Å². The van der Waals surface area contributed by atoms with Gasteiger partial charge in [-0.25, -0.2) is 4.79 Å². The van der Waals surface area contributed by atoms with Gasteiger partial charge in [-0.15, -0.1) is 0 Å². The van der Waals surface area contributed by atoms with Crippen molar-refractivity contribution in [2.45, 2.75) is 19.9 Å². The maximum Gasteiger partial charge on any atom is 0.330 e. The zero-order valence-corrected chi connectivity index (χ0v) is 9.15. The molecule has 0 fully saturated rings. The van der Waals surface area contributed by atoms with Gasteiger partial charge in [-0.2, -0.15) is 0 Å². The van der Waals surface area contributed by atoms with E-state index < -0.39 is 17.9 Å². The van der Waals surface area contributed by atoms with Crippen molar-refractivity contribution in [3.05, 3.63) is 29.3 Å². The molecule has 1 aromatic carbocycles. The number of nitrogens with one attached hydrogen (secondary N) is 1. The second kappa shape index (κ2) is 4.76. The summed E-state index contributed by atoms with van der Waals surface area (Å²) in [7, 11) is 0. The fourth-order valence-electron chi connectivity index (χ4n) is 1.15. The lowest BCUT2D eigenvalue weighted by molar-refractivity contribution is -0.141. The molecule has 1 aromatic rings. The first kappa shape index (κ1) is 12.2. The standard InChI is InChI=1S/C11H14N2O3/c1-6-3-4-8(5-7(6)2)13-10(14)9(12)11(15)16/h3-5,9H,12H2,1-2H3,(H,13,14)(H,15,16). The molecule has 1 unspecified atom stereocenters. The predicted molar refractivity (Wildman–Crippen MR) is 60.2 cm³/mol.